The Morgan fingerprint density at radius 3 is 2.83 bits per heavy atom. The van der Waals surface area contributed by atoms with Crippen LogP contribution in [0, 0.1) is 11.8 Å². The van der Waals surface area contributed by atoms with Gasteiger partial charge >= 0.3 is 5.97 Å². The summed E-state index contributed by atoms with van der Waals surface area (Å²) in [5.41, 5.74) is 1.13. The Balaban J connectivity index is 1.58. The van der Waals surface area contributed by atoms with Crippen molar-refractivity contribution in [1.82, 2.24) is 5.32 Å². The van der Waals surface area contributed by atoms with E-state index in [4.69, 9.17) is 28.6 Å². The van der Waals surface area contributed by atoms with Gasteiger partial charge in [-0.15, -0.1) is 0 Å². The molecule has 3 atom stereocenters. The van der Waals surface area contributed by atoms with Gasteiger partial charge in [0.05, 0.1) is 17.2 Å². The van der Waals surface area contributed by atoms with Crippen LogP contribution >= 0.6 is 23.8 Å². The summed E-state index contributed by atoms with van der Waals surface area (Å²) in [5, 5.41) is 7.54. The number of carbonyl (C=O) groups is 1. The lowest BCUT2D eigenvalue weighted by atomic mass is 9.96. The van der Waals surface area contributed by atoms with Crippen LogP contribution in [0.3, 0.4) is 0 Å². The molecule has 0 radical (unpaired) electrons. The van der Waals surface area contributed by atoms with Gasteiger partial charge in [-0.1, -0.05) is 18.0 Å². The zero-order chi connectivity index (χ0) is 16.4. The van der Waals surface area contributed by atoms with Crippen LogP contribution in [-0.4, -0.2) is 23.7 Å². The van der Waals surface area contributed by atoms with E-state index >= 15 is 0 Å². The Morgan fingerprint density at radius 2 is 2.22 bits per heavy atom. The fourth-order valence-corrected chi connectivity index (χ4v) is 4.25. The van der Waals surface area contributed by atoms with Crippen molar-refractivity contribution in [2.45, 2.75) is 38.6 Å². The van der Waals surface area contributed by atoms with Crippen molar-refractivity contribution in [1.29, 1.82) is 0 Å². The third-order valence-electron chi connectivity index (χ3n) is 4.78. The number of esters is 1. The van der Waals surface area contributed by atoms with Crippen molar-refractivity contribution in [3.8, 4) is 0 Å². The number of anilines is 1. The predicted octanol–water partition coefficient (Wildman–Crippen LogP) is 3.99. The summed E-state index contributed by atoms with van der Waals surface area (Å²) in [6.07, 6.45) is 5.23. The molecule has 124 valence electrons. The van der Waals surface area contributed by atoms with Gasteiger partial charge in [-0.2, -0.15) is 0 Å². The number of carbonyl (C=O) groups excluding carboxylic acids is 1. The fourth-order valence-electron chi connectivity index (χ4n) is 3.72. The second-order valence-electron chi connectivity index (χ2n) is 6.29. The molecular weight excluding hydrogens is 332 g/mol. The third-order valence-corrected chi connectivity index (χ3v) is 5.31. The lowest BCUT2D eigenvalue weighted by Crippen LogP contribution is -2.40. The van der Waals surface area contributed by atoms with Gasteiger partial charge in [-0.3, -0.25) is 0 Å². The minimum atomic E-state index is -0.410. The molecule has 1 aromatic rings. The molecule has 0 unspecified atom stereocenters. The van der Waals surface area contributed by atoms with Crippen molar-refractivity contribution < 1.29 is 9.53 Å². The van der Waals surface area contributed by atoms with Gasteiger partial charge in [0.15, 0.2) is 5.11 Å². The van der Waals surface area contributed by atoms with Crippen LogP contribution in [0.5, 0.6) is 0 Å². The van der Waals surface area contributed by atoms with E-state index in [0.29, 0.717) is 28.3 Å². The molecular formula is C17H21ClN2O2S. The highest BCUT2D eigenvalue weighted by Gasteiger charge is 2.39. The van der Waals surface area contributed by atoms with Crippen LogP contribution in [0.15, 0.2) is 18.2 Å². The van der Waals surface area contributed by atoms with E-state index in [1.54, 1.807) is 25.1 Å². The van der Waals surface area contributed by atoms with Crippen LogP contribution in [0.1, 0.15) is 43.0 Å². The summed E-state index contributed by atoms with van der Waals surface area (Å²) in [6.45, 7) is 2.09. The lowest BCUT2D eigenvalue weighted by molar-refractivity contribution is 0.0526. The lowest BCUT2D eigenvalue weighted by Gasteiger charge is -2.24. The molecule has 0 heterocycles. The number of rotatable bonds is 4. The van der Waals surface area contributed by atoms with E-state index < -0.39 is 5.97 Å². The molecule has 23 heavy (non-hydrogen) atoms. The maximum Gasteiger partial charge on any atom is 0.339 e. The van der Waals surface area contributed by atoms with Gasteiger partial charge in [0.25, 0.3) is 0 Å². The SMILES string of the molecule is CCOC(=O)c1ccc(NC(=S)N[C@H]2C[C@@H]3CC[C@@H]2C3)cc1Cl. The molecule has 6 heteroatoms. The summed E-state index contributed by atoms with van der Waals surface area (Å²) >= 11 is 11.6. The topological polar surface area (TPSA) is 50.4 Å². The average Bonchev–Trinajstić information content (AvgIpc) is 3.10. The van der Waals surface area contributed by atoms with Gasteiger partial charge in [0.1, 0.15) is 0 Å². The molecule has 2 fully saturated rings. The minimum Gasteiger partial charge on any atom is -0.462 e. The summed E-state index contributed by atoms with van der Waals surface area (Å²) in [6, 6.07) is 5.63. The van der Waals surface area contributed by atoms with Crippen LogP contribution in [0.25, 0.3) is 0 Å². The van der Waals surface area contributed by atoms with Gasteiger partial charge < -0.3 is 15.4 Å². The molecule has 1 aromatic carbocycles. The van der Waals surface area contributed by atoms with Gasteiger partial charge in [0, 0.05) is 11.7 Å². The minimum absolute atomic E-state index is 0.326. The number of halogens is 1. The second kappa shape index (κ2) is 7.05. The molecule has 4 nitrogen and oxygen atoms in total. The smallest absolute Gasteiger partial charge is 0.339 e. The highest BCUT2D eigenvalue weighted by Crippen LogP contribution is 2.44. The monoisotopic (exact) mass is 352 g/mol. The first-order valence-electron chi connectivity index (χ1n) is 8.11. The Labute approximate surface area is 146 Å². The molecule has 0 amide bonds. The number of fused-ring (bicyclic) bond motifs is 2. The Hall–Kier alpha value is -1.33. The maximum absolute atomic E-state index is 11.7. The molecule has 2 bridgehead atoms. The van der Waals surface area contributed by atoms with Crippen molar-refractivity contribution in [2.24, 2.45) is 11.8 Å². The highest BCUT2D eigenvalue weighted by atomic mass is 35.5. The maximum atomic E-state index is 11.7. The summed E-state index contributed by atoms with van der Waals surface area (Å²) in [7, 11) is 0. The summed E-state index contributed by atoms with van der Waals surface area (Å²) in [4.78, 5) is 11.7. The first-order chi connectivity index (χ1) is 11.1. The average molecular weight is 353 g/mol. The fraction of sp³-hybridized carbons (Fsp3) is 0.529. The molecule has 2 N–H and O–H groups in total. The van der Waals surface area contributed by atoms with Crippen molar-refractivity contribution in [3.63, 3.8) is 0 Å². The number of thiocarbonyl (C=S) groups is 1. The number of hydrogen-bond acceptors (Lipinski definition) is 3. The Morgan fingerprint density at radius 1 is 1.39 bits per heavy atom. The van der Waals surface area contributed by atoms with E-state index in [-0.39, 0.29) is 0 Å². The first kappa shape index (κ1) is 16.5. The van der Waals surface area contributed by atoms with Crippen LogP contribution in [0.2, 0.25) is 5.02 Å². The van der Waals surface area contributed by atoms with Crippen molar-refractivity contribution in [2.75, 3.05) is 11.9 Å². The second-order valence-corrected chi connectivity index (χ2v) is 7.11. The Kier molecular flexibility index (Phi) is 5.07. The number of ether oxygens (including phenoxy) is 1. The quantitative estimate of drug-likeness (QED) is 0.633. The standard InChI is InChI=1S/C17H21ClN2O2S/c1-2-22-16(21)13-6-5-12(9-14(13)18)19-17(23)20-15-8-10-3-4-11(15)7-10/h5-6,9-11,15H,2-4,7-8H2,1H3,(H2,19,20,23)/t10-,11-,15+/m1/s1. The number of nitrogens with one attached hydrogen (secondary N) is 2. The third kappa shape index (κ3) is 3.78. The van der Waals surface area contributed by atoms with E-state index in [0.717, 1.165) is 17.5 Å². The van der Waals surface area contributed by atoms with Gasteiger partial charge in [-0.25, -0.2) is 4.79 Å². The zero-order valence-corrected chi connectivity index (χ0v) is 14.7. The normalized spacial score (nSPS) is 25.2. The first-order valence-corrected chi connectivity index (χ1v) is 8.89. The molecule has 3 rings (SSSR count). The Bertz CT molecular complexity index is 623. The highest BCUT2D eigenvalue weighted by molar-refractivity contribution is 7.80. The van der Waals surface area contributed by atoms with Crippen LogP contribution in [0.4, 0.5) is 5.69 Å². The predicted molar refractivity (Wildman–Crippen MR) is 96.0 cm³/mol. The molecule has 0 spiro atoms. The number of hydrogen-bond donors (Lipinski definition) is 2. The van der Waals surface area contributed by atoms with E-state index in [2.05, 4.69) is 10.6 Å². The summed E-state index contributed by atoms with van der Waals surface area (Å²) in [5.74, 6) is 1.22. The van der Waals surface area contributed by atoms with Crippen molar-refractivity contribution >= 4 is 40.6 Å². The molecule has 2 saturated carbocycles. The van der Waals surface area contributed by atoms with Crippen molar-refractivity contribution in [3.05, 3.63) is 28.8 Å². The number of benzene rings is 1. The van der Waals surface area contributed by atoms with Crippen LogP contribution in [-0.2, 0) is 4.74 Å². The van der Waals surface area contributed by atoms with Gasteiger partial charge in [0.2, 0.25) is 0 Å². The van der Waals surface area contributed by atoms with E-state index in [1.165, 1.54) is 25.7 Å². The molecule has 0 saturated heterocycles. The van der Waals surface area contributed by atoms with Crippen LogP contribution < -0.4 is 10.6 Å². The zero-order valence-electron chi connectivity index (χ0n) is 13.1. The van der Waals surface area contributed by atoms with E-state index in [1.807, 2.05) is 0 Å². The molecule has 0 aromatic heterocycles. The van der Waals surface area contributed by atoms with Gasteiger partial charge in [-0.05, 0) is 68.4 Å². The van der Waals surface area contributed by atoms with E-state index in [9.17, 15) is 4.79 Å². The molecule has 2 aliphatic carbocycles. The molecule has 0 aliphatic heterocycles. The summed E-state index contributed by atoms with van der Waals surface area (Å²) < 4.78 is 4.96. The largest absolute Gasteiger partial charge is 0.462 e. The molecule has 2 aliphatic rings.